The van der Waals surface area contributed by atoms with Crippen molar-refractivity contribution < 1.29 is 14.4 Å². The van der Waals surface area contributed by atoms with Crippen molar-refractivity contribution in [1.29, 1.82) is 0 Å². The van der Waals surface area contributed by atoms with Crippen LogP contribution in [0, 0.1) is 5.92 Å². The monoisotopic (exact) mass is 438 g/mol. The zero-order chi connectivity index (χ0) is 22.3. The Morgan fingerprint density at radius 2 is 1.44 bits per heavy atom. The predicted octanol–water partition coefficient (Wildman–Crippen LogP) is 1.71. The molecule has 0 radical (unpaired) electrons. The fourth-order valence-corrected chi connectivity index (χ4v) is 4.83. The van der Waals surface area contributed by atoms with Crippen molar-refractivity contribution >= 4 is 23.8 Å². The number of rotatable bonds is 5. The fraction of sp³-hybridized carbons (Fsp3) is 0.560. The lowest BCUT2D eigenvalue weighted by Crippen LogP contribution is -2.53. The molecule has 3 aliphatic heterocycles. The summed E-state index contributed by atoms with van der Waals surface area (Å²) >= 11 is 0. The molecule has 3 fully saturated rings. The first kappa shape index (κ1) is 22.5. The van der Waals surface area contributed by atoms with Crippen LogP contribution < -0.4 is 0 Å². The molecule has 1 aromatic carbocycles. The van der Waals surface area contributed by atoms with Crippen LogP contribution in [0.15, 0.2) is 36.4 Å². The highest BCUT2D eigenvalue weighted by Crippen LogP contribution is 2.21. The van der Waals surface area contributed by atoms with E-state index in [1.807, 2.05) is 51.1 Å². The van der Waals surface area contributed by atoms with Gasteiger partial charge in [-0.05, 0) is 37.3 Å². The Morgan fingerprint density at radius 1 is 0.781 bits per heavy atom. The number of hydrogen-bond acceptors (Lipinski definition) is 4. The quantitative estimate of drug-likeness (QED) is 0.657. The summed E-state index contributed by atoms with van der Waals surface area (Å²) in [6.07, 6.45) is 7.13. The topological polar surface area (TPSA) is 64.2 Å². The Balaban J connectivity index is 1.18. The average Bonchev–Trinajstić information content (AvgIpc) is 3.39. The number of piperazine rings is 1. The molecule has 0 spiro atoms. The number of nitrogens with zero attached hydrogens (tertiary/aromatic N) is 4. The second-order valence-electron chi connectivity index (χ2n) is 9.03. The normalized spacial score (nSPS) is 20.8. The minimum atomic E-state index is -0.00469. The predicted molar refractivity (Wildman–Crippen MR) is 124 cm³/mol. The zero-order valence-corrected chi connectivity index (χ0v) is 18.8. The van der Waals surface area contributed by atoms with Crippen LogP contribution in [0.4, 0.5) is 0 Å². The van der Waals surface area contributed by atoms with Gasteiger partial charge in [0.2, 0.25) is 17.7 Å². The van der Waals surface area contributed by atoms with Gasteiger partial charge in [-0.15, -0.1) is 0 Å². The molecule has 0 unspecified atom stereocenters. The van der Waals surface area contributed by atoms with Crippen LogP contribution in [0.25, 0.3) is 6.08 Å². The highest BCUT2D eigenvalue weighted by molar-refractivity contribution is 5.92. The van der Waals surface area contributed by atoms with Gasteiger partial charge in [0.25, 0.3) is 0 Å². The lowest BCUT2D eigenvalue weighted by atomic mass is 9.95. The Kier molecular flexibility index (Phi) is 7.58. The van der Waals surface area contributed by atoms with Crippen molar-refractivity contribution in [3.05, 3.63) is 42.0 Å². The second kappa shape index (κ2) is 10.8. The van der Waals surface area contributed by atoms with E-state index < -0.39 is 0 Å². The first-order valence-corrected chi connectivity index (χ1v) is 11.9. The van der Waals surface area contributed by atoms with Gasteiger partial charge < -0.3 is 14.7 Å². The number of likely N-dealkylation sites (tertiary alicyclic amines) is 2. The minimum absolute atomic E-state index is 0.00469. The van der Waals surface area contributed by atoms with E-state index in [0.29, 0.717) is 32.7 Å². The van der Waals surface area contributed by atoms with Gasteiger partial charge in [0.1, 0.15) is 0 Å². The van der Waals surface area contributed by atoms with E-state index in [-0.39, 0.29) is 23.6 Å². The maximum atomic E-state index is 13.0. The van der Waals surface area contributed by atoms with E-state index in [4.69, 9.17) is 0 Å². The maximum absolute atomic E-state index is 13.0. The summed E-state index contributed by atoms with van der Waals surface area (Å²) in [5.74, 6) is 0.439. The van der Waals surface area contributed by atoms with Crippen molar-refractivity contribution in [1.82, 2.24) is 19.6 Å². The molecule has 7 nitrogen and oxygen atoms in total. The third kappa shape index (κ3) is 5.76. The Hall–Kier alpha value is -2.67. The summed E-state index contributed by atoms with van der Waals surface area (Å²) < 4.78 is 0. The van der Waals surface area contributed by atoms with Gasteiger partial charge in [0.15, 0.2) is 0 Å². The fourth-order valence-electron chi connectivity index (χ4n) is 4.83. The van der Waals surface area contributed by atoms with E-state index in [2.05, 4.69) is 4.90 Å². The largest absolute Gasteiger partial charge is 0.342 e. The van der Waals surface area contributed by atoms with Crippen LogP contribution in [0.2, 0.25) is 0 Å². The van der Waals surface area contributed by atoms with Gasteiger partial charge in [-0.25, -0.2) is 0 Å². The number of carbonyl (C=O) groups excluding carboxylic acids is 3. The smallest absolute Gasteiger partial charge is 0.246 e. The van der Waals surface area contributed by atoms with E-state index in [0.717, 1.165) is 57.4 Å². The molecule has 0 N–H and O–H groups in total. The molecule has 0 aromatic heterocycles. The summed E-state index contributed by atoms with van der Waals surface area (Å²) in [7, 11) is 0. The third-order valence-electron chi connectivity index (χ3n) is 6.88. The molecule has 3 amide bonds. The third-order valence-corrected chi connectivity index (χ3v) is 6.88. The first-order chi connectivity index (χ1) is 15.6. The number of benzene rings is 1. The van der Waals surface area contributed by atoms with E-state index >= 15 is 0 Å². The van der Waals surface area contributed by atoms with Crippen LogP contribution in [-0.4, -0.2) is 96.2 Å². The van der Waals surface area contributed by atoms with E-state index in [1.54, 1.807) is 6.08 Å². The summed E-state index contributed by atoms with van der Waals surface area (Å²) in [6, 6.07) is 9.79. The van der Waals surface area contributed by atoms with Crippen molar-refractivity contribution in [2.24, 2.45) is 5.92 Å². The van der Waals surface area contributed by atoms with Gasteiger partial charge >= 0.3 is 0 Å². The van der Waals surface area contributed by atoms with Crippen LogP contribution in [0.1, 0.15) is 31.2 Å². The van der Waals surface area contributed by atoms with Crippen molar-refractivity contribution in [2.45, 2.75) is 25.7 Å². The molecule has 0 aliphatic carbocycles. The molecular formula is C25H34N4O3. The molecule has 3 saturated heterocycles. The molecule has 172 valence electrons. The molecule has 32 heavy (non-hydrogen) atoms. The summed E-state index contributed by atoms with van der Waals surface area (Å²) in [6.45, 7) is 6.38. The first-order valence-electron chi connectivity index (χ1n) is 11.9. The van der Waals surface area contributed by atoms with Crippen molar-refractivity contribution in [3.63, 3.8) is 0 Å². The molecule has 0 bridgehead atoms. The molecule has 4 rings (SSSR count). The van der Waals surface area contributed by atoms with Gasteiger partial charge in [0.05, 0.1) is 6.54 Å². The maximum Gasteiger partial charge on any atom is 0.246 e. The molecule has 7 heteroatoms. The minimum Gasteiger partial charge on any atom is -0.342 e. The molecule has 0 atom stereocenters. The van der Waals surface area contributed by atoms with Crippen LogP contribution in [0.5, 0.6) is 0 Å². The molecular weight excluding hydrogens is 404 g/mol. The summed E-state index contributed by atoms with van der Waals surface area (Å²) in [5, 5.41) is 0. The van der Waals surface area contributed by atoms with Crippen molar-refractivity contribution in [3.8, 4) is 0 Å². The molecule has 3 aliphatic rings. The second-order valence-corrected chi connectivity index (χ2v) is 9.03. The highest BCUT2D eigenvalue weighted by Gasteiger charge is 2.32. The summed E-state index contributed by atoms with van der Waals surface area (Å²) in [5.41, 5.74) is 1.01. The lowest BCUT2D eigenvalue weighted by Gasteiger charge is -2.38. The SMILES string of the molecule is O=C(C=Cc1ccccc1)N1CCC(C(=O)N2CCN(CC(=O)N3CCCC3)CC2)CC1. The van der Waals surface area contributed by atoms with E-state index in [9.17, 15) is 14.4 Å². The number of hydrogen-bond donors (Lipinski definition) is 0. The average molecular weight is 439 g/mol. The summed E-state index contributed by atoms with van der Waals surface area (Å²) in [4.78, 5) is 45.7. The molecule has 0 saturated carbocycles. The van der Waals surface area contributed by atoms with Crippen molar-refractivity contribution in [2.75, 3.05) is 58.9 Å². The molecule has 1 aromatic rings. The number of amides is 3. The van der Waals surface area contributed by atoms with E-state index in [1.165, 1.54) is 0 Å². The highest BCUT2D eigenvalue weighted by atomic mass is 16.2. The number of carbonyl (C=O) groups is 3. The van der Waals surface area contributed by atoms with Crippen LogP contribution >= 0.6 is 0 Å². The Labute approximate surface area is 190 Å². The Morgan fingerprint density at radius 3 is 2.09 bits per heavy atom. The van der Waals surface area contributed by atoms with Crippen LogP contribution in [0.3, 0.4) is 0 Å². The standard InChI is InChI=1S/C25H34N4O3/c30-23(9-8-21-6-2-1-3-7-21)28-14-10-22(11-15-28)25(32)29-18-16-26(17-19-29)20-24(31)27-12-4-5-13-27/h1-3,6-9,22H,4-5,10-20H2. The zero-order valence-electron chi connectivity index (χ0n) is 18.8. The molecule has 3 heterocycles. The Bertz CT molecular complexity index is 819. The number of piperidine rings is 1. The van der Waals surface area contributed by atoms with Gasteiger partial charge in [-0.2, -0.15) is 0 Å². The van der Waals surface area contributed by atoms with Gasteiger partial charge in [-0.3, -0.25) is 19.3 Å². The lowest BCUT2D eigenvalue weighted by molar-refractivity contribution is -0.141. The van der Waals surface area contributed by atoms with Crippen LogP contribution in [-0.2, 0) is 14.4 Å². The van der Waals surface area contributed by atoms with Gasteiger partial charge in [0, 0.05) is 64.4 Å². The van der Waals surface area contributed by atoms with Gasteiger partial charge in [-0.1, -0.05) is 30.3 Å².